The summed E-state index contributed by atoms with van der Waals surface area (Å²) in [6.45, 7) is 0. The van der Waals surface area contributed by atoms with E-state index >= 15 is 0 Å². The monoisotopic (exact) mass is 482 g/mol. The van der Waals surface area contributed by atoms with Crippen LogP contribution < -0.4 is 10.1 Å². The van der Waals surface area contributed by atoms with Gasteiger partial charge in [0, 0.05) is 22.8 Å². The molecule has 4 rings (SSSR count). The number of aliphatic hydroxyl groups is 1. The summed E-state index contributed by atoms with van der Waals surface area (Å²) in [6.07, 6.45) is 1.92. The molecule has 1 aromatic heterocycles. The summed E-state index contributed by atoms with van der Waals surface area (Å²) in [5.41, 5.74) is 0.786. The molecule has 3 heterocycles. The molecule has 2 bridgehead atoms. The minimum Gasteiger partial charge on any atom is -0.406 e. The smallest absolute Gasteiger partial charge is 0.406 e. The third kappa shape index (κ3) is 5.61. The number of alkyl halides is 3. The molecule has 172 valence electrons. The van der Waals surface area contributed by atoms with Gasteiger partial charge in [-0.3, -0.25) is 4.98 Å². The lowest BCUT2D eigenvalue weighted by Gasteiger charge is -2.32. The highest BCUT2D eigenvalue weighted by atomic mass is 35.5. The molecule has 2 aliphatic rings. The summed E-state index contributed by atoms with van der Waals surface area (Å²) < 4.78 is 54.2. The molecule has 0 radical (unpaired) electrons. The van der Waals surface area contributed by atoms with Crippen molar-refractivity contribution < 1.29 is 27.4 Å². The molecule has 2 aliphatic heterocycles. The van der Waals surface area contributed by atoms with Crippen molar-refractivity contribution in [2.75, 3.05) is 0 Å². The second kappa shape index (κ2) is 9.48. The molecule has 2 N–H and O–H groups in total. The molecule has 4 nitrogen and oxygen atoms in total. The number of hydrogen-bond donors (Lipinski definition) is 2. The van der Waals surface area contributed by atoms with Crippen LogP contribution in [0.1, 0.15) is 49.3 Å². The normalized spacial score (nSPS) is 25.5. The van der Waals surface area contributed by atoms with E-state index in [2.05, 4.69) is 15.0 Å². The van der Waals surface area contributed by atoms with E-state index in [-0.39, 0.29) is 36.1 Å². The number of nitrogens with one attached hydrogen (secondary N) is 1. The van der Waals surface area contributed by atoms with Gasteiger partial charge in [-0.2, -0.15) is 0 Å². The van der Waals surface area contributed by atoms with Gasteiger partial charge in [0.25, 0.3) is 0 Å². The van der Waals surface area contributed by atoms with E-state index in [4.69, 9.17) is 0 Å². The number of halogens is 6. The fraction of sp³-hybridized carbons (Fsp3) is 0.476. The molecule has 2 fully saturated rings. The number of aryl methyl sites for hydroxylation is 1. The first kappa shape index (κ1) is 25.6. The third-order valence-electron chi connectivity index (χ3n) is 6.23. The Balaban J connectivity index is 0.00000171. The van der Waals surface area contributed by atoms with Crippen molar-refractivity contribution in [2.45, 2.75) is 62.1 Å². The van der Waals surface area contributed by atoms with Crippen LogP contribution in [0.3, 0.4) is 0 Å². The summed E-state index contributed by atoms with van der Waals surface area (Å²) >= 11 is 0. The van der Waals surface area contributed by atoms with E-state index in [1.165, 1.54) is 24.4 Å². The Hall–Kier alpha value is -1.61. The van der Waals surface area contributed by atoms with E-state index in [0.29, 0.717) is 12.0 Å². The SMILES string of the molecule is Cl.Cl.O[C@H](c1cncc(F)c1)C12CCC(CCc3ccc(OC(F)(F)F)cc3)(CC1)N2. The van der Waals surface area contributed by atoms with Crippen LogP contribution in [-0.2, 0) is 6.42 Å². The molecule has 1 atom stereocenters. The van der Waals surface area contributed by atoms with Gasteiger partial charge in [-0.25, -0.2) is 4.39 Å². The Kier molecular flexibility index (Phi) is 7.85. The van der Waals surface area contributed by atoms with Gasteiger partial charge in [-0.1, -0.05) is 12.1 Å². The van der Waals surface area contributed by atoms with Crippen molar-refractivity contribution in [3.63, 3.8) is 0 Å². The fourth-order valence-electron chi connectivity index (χ4n) is 4.75. The quantitative estimate of drug-likeness (QED) is 0.549. The lowest BCUT2D eigenvalue weighted by molar-refractivity contribution is -0.274. The first-order valence-corrected chi connectivity index (χ1v) is 9.61. The highest BCUT2D eigenvalue weighted by Crippen LogP contribution is 2.52. The van der Waals surface area contributed by atoms with E-state index in [1.54, 1.807) is 12.1 Å². The maximum absolute atomic E-state index is 13.5. The standard InChI is InChI=1S/C21H22F4N2O2.2ClH/c22-16-11-15(12-26-13-16)18(28)20-9-7-19(27-20,8-10-20)6-5-14-1-3-17(4-2-14)29-21(23,24)25;;/h1-4,11-13,18,27-28H,5-10H2;2*1H/t18-,19?,20?;;/m1../s1. The van der Waals surface area contributed by atoms with Crippen LogP contribution in [0.25, 0.3) is 0 Å². The molecule has 2 aromatic rings. The van der Waals surface area contributed by atoms with Gasteiger partial charge in [0.15, 0.2) is 0 Å². The largest absolute Gasteiger partial charge is 0.573 e. The van der Waals surface area contributed by atoms with E-state index in [0.717, 1.165) is 43.9 Å². The Bertz CT molecular complexity index is 872. The second-order valence-electron chi connectivity index (χ2n) is 8.09. The van der Waals surface area contributed by atoms with E-state index in [1.807, 2.05) is 0 Å². The predicted molar refractivity (Wildman–Crippen MR) is 112 cm³/mol. The molecule has 0 unspecified atom stereocenters. The van der Waals surface area contributed by atoms with Crippen LogP contribution in [0.2, 0.25) is 0 Å². The van der Waals surface area contributed by atoms with Crippen LogP contribution in [0.4, 0.5) is 17.6 Å². The van der Waals surface area contributed by atoms with Gasteiger partial charge >= 0.3 is 6.36 Å². The minimum absolute atomic E-state index is 0. The van der Waals surface area contributed by atoms with Gasteiger partial charge in [0.1, 0.15) is 11.6 Å². The second-order valence-corrected chi connectivity index (χ2v) is 8.09. The average Bonchev–Trinajstić information content (AvgIpc) is 3.24. The van der Waals surface area contributed by atoms with Gasteiger partial charge in [0.2, 0.25) is 0 Å². The molecule has 0 saturated carbocycles. The Morgan fingerprint density at radius 3 is 2.29 bits per heavy atom. The summed E-state index contributed by atoms with van der Waals surface area (Å²) in [4.78, 5) is 3.83. The molecule has 0 spiro atoms. The van der Waals surface area contributed by atoms with Gasteiger partial charge < -0.3 is 15.2 Å². The first-order valence-electron chi connectivity index (χ1n) is 9.61. The number of ether oxygens (including phenoxy) is 1. The third-order valence-corrected chi connectivity index (χ3v) is 6.23. The summed E-state index contributed by atoms with van der Waals surface area (Å²) in [5, 5.41) is 14.5. The summed E-state index contributed by atoms with van der Waals surface area (Å²) in [6, 6.07) is 7.24. The van der Waals surface area contributed by atoms with Gasteiger partial charge in [-0.05, 0) is 62.3 Å². The van der Waals surface area contributed by atoms with Crippen molar-refractivity contribution in [3.05, 3.63) is 59.7 Å². The molecule has 31 heavy (non-hydrogen) atoms. The summed E-state index contributed by atoms with van der Waals surface area (Å²) in [7, 11) is 0. The van der Waals surface area contributed by atoms with Crippen LogP contribution in [0.15, 0.2) is 42.7 Å². The van der Waals surface area contributed by atoms with Crippen molar-refractivity contribution in [3.8, 4) is 5.75 Å². The number of benzene rings is 1. The minimum atomic E-state index is -4.69. The number of aliphatic hydroxyl groups excluding tert-OH is 1. The molecule has 10 heteroatoms. The lowest BCUT2D eigenvalue weighted by atomic mass is 9.76. The highest BCUT2D eigenvalue weighted by Gasteiger charge is 2.56. The topological polar surface area (TPSA) is 54.4 Å². The Labute approximate surface area is 190 Å². The number of pyridine rings is 1. The Morgan fingerprint density at radius 1 is 1.06 bits per heavy atom. The molecular formula is C21H24Cl2F4N2O2. The zero-order valence-electron chi connectivity index (χ0n) is 16.5. The highest BCUT2D eigenvalue weighted by molar-refractivity contribution is 5.85. The molecule has 0 aliphatic carbocycles. The number of hydrogen-bond acceptors (Lipinski definition) is 4. The van der Waals surface area contributed by atoms with E-state index < -0.39 is 23.8 Å². The molecular weight excluding hydrogens is 459 g/mol. The predicted octanol–water partition coefficient (Wildman–Crippen LogP) is 5.28. The molecule has 2 saturated heterocycles. The number of rotatable bonds is 6. The van der Waals surface area contributed by atoms with Crippen molar-refractivity contribution in [1.82, 2.24) is 10.3 Å². The fourth-order valence-corrected chi connectivity index (χ4v) is 4.75. The number of fused-ring (bicyclic) bond motifs is 2. The number of aromatic nitrogens is 1. The maximum atomic E-state index is 13.5. The van der Waals surface area contributed by atoms with Crippen molar-refractivity contribution in [2.24, 2.45) is 0 Å². The van der Waals surface area contributed by atoms with Gasteiger partial charge in [-0.15, -0.1) is 38.0 Å². The van der Waals surface area contributed by atoms with Crippen molar-refractivity contribution >= 4 is 24.8 Å². The van der Waals surface area contributed by atoms with Gasteiger partial charge in [0.05, 0.1) is 12.3 Å². The molecule has 0 amide bonds. The van der Waals surface area contributed by atoms with Crippen molar-refractivity contribution in [1.29, 1.82) is 0 Å². The first-order chi connectivity index (χ1) is 13.7. The zero-order chi connectivity index (χ0) is 20.7. The Morgan fingerprint density at radius 2 is 1.71 bits per heavy atom. The zero-order valence-corrected chi connectivity index (χ0v) is 18.1. The molecule has 1 aromatic carbocycles. The summed E-state index contributed by atoms with van der Waals surface area (Å²) in [5.74, 6) is -0.705. The van der Waals surface area contributed by atoms with Crippen LogP contribution in [0, 0.1) is 5.82 Å². The average molecular weight is 483 g/mol. The number of nitrogens with zero attached hydrogens (tertiary/aromatic N) is 1. The lowest BCUT2D eigenvalue weighted by Crippen LogP contribution is -2.46. The van der Waals surface area contributed by atoms with E-state index in [9.17, 15) is 22.7 Å². The van der Waals surface area contributed by atoms with Crippen LogP contribution in [-0.4, -0.2) is 27.5 Å². The van der Waals surface area contributed by atoms with Crippen LogP contribution >= 0.6 is 24.8 Å². The van der Waals surface area contributed by atoms with Crippen LogP contribution in [0.5, 0.6) is 5.75 Å². The maximum Gasteiger partial charge on any atom is 0.573 e.